The van der Waals surface area contributed by atoms with Crippen molar-refractivity contribution in [2.45, 2.75) is 19.4 Å². The lowest BCUT2D eigenvalue weighted by molar-refractivity contribution is 0.462. The Kier molecular flexibility index (Phi) is 4.18. The van der Waals surface area contributed by atoms with E-state index < -0.39 is 0 Å². The van der Waals surface area contributed by atoms with Gasteiger partial charge in [-0.2, -0.15) is 0 Å². The third-order valence-electron chi connectivity index (χ3n) is 2.41. The molecule has 94 valence electrons. The lowest BCUT2D eigenvalue weighted by Crippen LogP contribution is -2.17. The number of hydrogen-bond donors (Lipinski definition) is 1. The molecule has 0 saturated carbocycles. The summed E-state index contributed by atoms with van der Waals surface area (Å²) < 4.78 is 5.59. The van der Waals surface area contributed by atoms with Crippen LogP contribution in [0.5, 0.6) is 11.6 Å². The Morgan fingerprint density at radius 2 is 2.06 bits per heavy atom. The summed E-state index contributed by atoms with van der Waals surface area (Å²) in [6, 6.07) is 11.2. The molecular formula is C14H15ClN2O. The third kappa shape index (κ3) is 3.45. The molecule has 0 aliphatic rings. The minimum absolute atomic E-state index is 0.127. The molecule has 2 rings (SSSR count). The van der Waals surface area contributed by atoms with Gasteiger partial charge in [-0.15, -0.1) is 0 Å². The van der Waals surface area contributed by atoms with Crippen LogP contribution in [0.1, 0.15) is 12.5 Å². The third-order valence-corrected chi connectivity index (χ3v) is 2.72. The van der Waals surface area contributed by atoms with Gasteiger partial charge in [0.1, 0.15) is 5.75 Å². The molecule has 0 spiro atoms. The molecule has 0 bridgehead atoms. The van der Waals surface area contributed by atoms with E-state index >= 15 is 0 Å². The van der Waals surface area contributed by atoms with Crippen LogP contribution in [-0.4, -0.2) is 11.0 Å². The second-order valence-electron chi connectivity index (χ2n) is 4.22. The maximum Gasteiger partial charge on any atom is 0.219 e. The molecule has 1 aromatic carbocycles. The van der Waals surface area contributed by atoms with Crippen molar-refractivity contribution in [3.8, 4) is 11.6 Å². The van der Waals surface area contributed by atoms with Crippen LogP contribution >= 0.6 is 11.6 Å². The zero-order valence-electron chi connectivity index (χ0n) is 10.1. The summed E-state index contributed by atoms with van der Waals surface area (Å²) in [5.74, 6) is 1.13. The summed E-state index contributed by atoms with van der Waals surface area (Å²) in [5.41, 5.74) is 6.82. The lowest BCUT2D eigenvalue weighted by Gasteiger charge is -2.08. The number of aromatic nitrogens is 1. The van der Waals surface area contributed by atoms with E-state index in [1.807, 2.05) is 31.2 Å². The molecule has 1 heterocycles. The first kappa shape index (κ1) is 12.9. The standard InChI is InChI=1S/C14H15ClN2O/c1-10(16)8-11-6-7-14(17-9-11)18-13-5-3-2-4-12(13)15/h2-7,9-10H,8,16H2,1H3. The number of ether oxygens (including phenoxy) is 1. The Bertz CT molecular complexity index is 511. The van der Waals surface area contributed by atoms with Gasteiger partial charge >= 0.3 is 0 Å². The van der Waals surface area contributed by atoms with E-state index in [9.17, 15) is 0 Å². The van der Waals surface area contributed by atoms with E-state index in [0.717, 1.165) is 12.0 Å². The Labute approximate surface area is 112 Å². The fourth-order valence-corrected chi connectivity index (χ4v) is 1.78. The van der Waals surface area contributed by atoms with Crippen molar-refractivity contribution in [1.29, 1.82) is 0 Å². The van der Waals surface area contributed by atoms with E-state index in [4.69, 9.17) is 22.1 Å². The Morgan fingerprint density at radius 3 is 2.67 bits per heavy atom. The van der Waals surface area contributed by atoms with E-state index in [1.54, 1.807) is 18.3 Å². The highest BCUT2D eigenvalue weighted by atomic mass is 35.5. The molecule has 2 N–H and O–H groups in total. The SMILES string of the molecule is CC(N)Cc1ccc(Oc2ccccc2Cl)nc1. The summed E-state index contributed by atoms with van der Waals surface area (Å²) in [6.45, 7) is 1.97. The molecule has 0 amide bonds. The summed E-state index contributed by atoms with van der Waals surface area (Å²) in [5, 5.41) is 0.568. The molecule has 4 heteroatoms. The van der Waals surface area contributed by atoms with E-state index in [2.05, 4.69) is 4.98 Å². The highest BCUT2D eigenvalue weighted by Crippen LogP contribution is 2.27. The first-order valence-electron chi connectivity index (χ1n) is 5.78. The van der Waals surface area contributed by atoms with Gasteiger partial charge in [0, 0.05) is 18.3 Å². The van der Waals surface area contributed by atoms with Crippen LogP contribution in [0.3, 0.4) is 0 Å². The first-order valence-corrected chi connectivity index (χ1v) is 6.16. The number of hydrogen-bond acceptors (Lipinski definition) is 3. The molecule has 2 aromatic rings. The van der Waals surface area contributed by atoms with Crippen molar-refractivity contribution >= 4 is 11.6 Å². The van der Waals surface area contributed by atoms with E-state index in [-0.39, 0.29) is 6.04 Å². The molecule has 3 nitrogen and oxygen atoms in total. The van der Waals surface area contributed by atoms with Crippen LogP contribution in [0.15, 0.2) is 42.6 Å². The maximum atomic E-state index is 6.00. The fraction of sp³-hybridized carbons (Fsp3) is 0.214. The van der Waals surface area contributed by atoms with Crippen LogP contribution in [0.4, 0.5) is 0 Å². The number of para-hydroxylation sites is 1. The highest BCUT2D eigenvalue weighted by molar-refractivity contribution is 6.32. The number of halogens is 1. The Balaban J connectivity index is 2.09. The van der Waals surface area contributed by atoms with Crippen molar-refractivity contribution in [1.82, 2.24) is 4.98 Å². The van der Waals surface area contributed by atoms with Gasteiger partial charge in [0.15, 0.2) is 0 Å². The van der Waals surface area contributed by atoms with Crippen molar-refractivity contribution < 1.29 is 4.74 Å². The average molecular weight is 263 g/mol. The smallest absolute Gasteiger partial charge is 0.219 e. The van der Waals surface area contributed by atoms with Gasteiger partial charge in [0.05, 0.1) is 5.02 Å². The fourth-order valence-electron chi connectivity index (χ4n) is 1.60. The Hall–Kier alpha value is -1.58. The van der Waals surface area contributed by atoms with Gasteiger partial charge in [0.25, 0.3) is 0 Å². The molecule has 18 heavy (non-hydrogen) atoms. The van der Waals surface area contributed by atoms with Crippen molar-refractivity contribution in [2.24, 2.45) is 5.73 Å². The predicted octanol–water partition coefficient (Wildman–Crippen LogP) is 3.42. The number of nitrogens with two attached hydrogens (primary N) is 1. The number of benzene rings is 1. The van der Waals surface area contributed by atoms with E-state index in [1.165, 1.54) is 0 Å². The van der Waals surface area contributed by atoms with Crippen LogP contribution in [-0.2, 0) is 6.42 Å². The van der Waals surface area contributed by atoms with Gasteiger partial charge in [0.2, 0.25) is 5.88 Å². The highest BCUT2D eigenvalue weighted by Gasteiger charge is 2.04. The molecule has 1 atom stereocenters. The van der Waals surface area contributed by atoms with Crippen molar-refractivity contribution in [3.05, 3.63) is 53.2 Å². The first-order chi connectivity index (χ1) is 8.65. The maximum absolute atomic E-state index is 6.00. The van der Waals surface area contributed by atoms with Crippen LogP contribution in [0.25, 0.3) is 0 Å². The zero-order chi connectivity index (χ0) is 13.0. The second-order valence-corrected chi connectivity index (χ2v) is 4.63. The molecule has 0 fully saturated rings. The molecule has 1 aromatic heterocycles. The summed E-state index contributed by atoms with van der Waals surface area (Å²) in [6.07, 6.45) is 2.58. The lowest BCUT2D eigenvalue weighted by atomic mass is 10.1. The molecule has 0 aliphatic heterocycles. The van der Waals surface area contributed by atoms with Crippen LogP contribution in [0, 0.1) is 0 Å². The summed E-state index contributed by atoms with van der Waals surface area (Å²) in [4.78, 5) is 4.23. The minimum atomic E-state index is 0.127. The van der Waals surface area contributed by atoms with Crippen LogP contribution in [0.2, 0.25) is 5.02 Å². The summed E-state index contributed by atoms with van der Waals surface area (Å²) >= 11 is 6.00. The van der Waals surface area contributed by atoms with Gasteiger partial charge in [-0.1, -0.05) is 29.8 Å². The van der Waals surface area contributed by atoms with Gasteiger partial charge < -0.3 is 10.5 Å². The molecule has 0 radical (unpaired) electrons. The van der Waals surface area contributed by atoms with Crippen molar-refractivity contribution in [2.75, 3.05) is 0 Å². The molecular weight excluding hydrogens is 248 g/mol. The monoisotopic (exact) mass is 262 g/mol. The van der Waals surface area contributed by atoms with Crippen LogP contribution < -0.4 is 10.5 Å². The number of nitrogens with zero attached hydrogens (tertiary/aromatic N) is 1. The second kappa shape index (κ2) is 5.85. The average Bonchev–Trinajstić information content (AvgIpc) is 2.34. The normalized spacial score (nSPS) is 12.2. The Morgan fingerprint density at radius 1 is 1.28 bits per heavy atom. The minimum Gasteiger partial charge on any atom is -0.437 e. The zero-order valence-corrected chi connectivity index (χ0v) is 10.9. The van der Waals surface area contributed by atoms with Gasteiger partial charge in [-0.25, -0.2) is 4.98 Å². The topological polar surface area (TPSA) is 48.1 Å². The summed E-state index contributed by atoms with van der Waals surface area (Å²) in [7, 11) is 0. The predicted molar refractivity (Wildman–Crippen MR) is 73.1 cm³/mol. The quantitative estimate of drug-likeness (QED) is 0.918. The molecule has 0 saturated heterocycles. The van der Waals surface area contributed by atoms with Gasteiger partial charge in [-0.3, -0.25) is 0 Å². The molecule has 1 unspecified atom stereocenters. The number of rotatable bonds is 4. The van der Waals surface area contributed by atoms with E-state index in [0.29, 0.717) is 16.7 Å². The molecule has 0 aliphatic carbocycles. The number of pyridine rings is 1. The largest absolute Gasteiger partial charge is 0.437 e. The van der Waals surface area contributed by atoms with Crippen molar-refractivity contribution in [3.63, 3.8) is 0 Å². The van der Waals surface area contributed by atoms with Gasteiger partial charge in [-0.05, 0) is 31.0 Å².